The van der Waals surface area contributed by atoms with Gasteiger partial charge >= 0.3 is 0 Å². The lowest BCUT2D eigenvalue weighted by molar-refractivity contribution is 0.746. The zero-order valence-electron chi connectivity index (χ0n) is 7.96. The Morgan fingerprint density at radius 3 is 3.07 bits per heavy atom. The van der Waals surface area contributed by atoms with E-state index in [1.165, 1.54) is 22.4 Å². The van der Waals surface area contributed by atoms with Crippen LogP contribution < -0.4 is 5.32 Å². The normalized spacial score (nSPS) is 18.6. The minimum absolute atomic E-state index is 0.737. The van der Waals surface area contributed by atoms with Crippen molar-refractivity contribution in [3.05, 3.63) is 41.1 Å². The summed E-state index contributed by atoms with van der Waals surface area (Å²) in [5.41, 5.74) is 5.45. The van der Waals surface area contributed by atoms with Gasteiger partial charge in [-0.25, -0.2) is 0 Å². The number of allylic oxidation sites excluding steroid dienone is 2. The lowest BCUT2D eigenvalue weighted by Crippen LogP contribution is -2.23. The molecule has 1 heterocycles. The molecule has 14 heavy (non-hydrogen) atoms. The molecule has 1 aliphatic carbocycles. The van der Waals surface area contributed by atoms with Crippen LogP contribution in [-0.4, -0.2) is 12.9 Å². The Kier molecular flexibility index (Phi) is 1.66. The van der Waals surface area contributed by atoms with E-state index >= 15 is 0 Å². The molecule has 0 fully saturated rings. The van der Waals surface area contributed by atoms with Crippen molar-refractivity contribution < 1.29 is 0 Å². The van der Waals surface area contributed by atoms with Crippen molar-refractivity contribution >= 4 is 11.8 Å². The quantitative estimate of drug-likeness (QED) is 0.655. The Morgan fingerprint density at radius 1 is 1.14 bits per heavy atom. The zero-order valence-corrected chi connectivity index (χ0v) is 7.96. The Labute approximate surface area is 83.4 Å². The smallest absolute Gasteiger partial charge is 0.107 e. The fraction of sp³-hybridized carbons (Fsp3) is 0.250. The molecular formula is C12H12N2. The molecular weight excluding hydrogens is 172 g/mol. The molecule has 1 aliphatic heterocycles. The topological polar surface area (TPSA) is 24.4 Å². The van der Waals surface area contributed by atoms with Crippen molar-refractivity contribution in [2.75, 3.05) is 6.67 Å². The average Bonchev–Trinajstić information content (AvgIpc) is 2.29. The predicted octanol–water partition coefficient (Wildman–Crippen LogP) is 1.98. The van der Waals surface area contributed by atoms with Crippen LogP contribution in [0.2, 0.25) is 0 Å². The molecule has 0 saturated carbocycles. The summed E-state index contributed by atoms with van der Waals surface area (Å²) in [4.78, 5) is 4.27. The first-order valence-electron chi connectivity index (χ1n) is 5.00. The van der Waals surface area contributed by atoms with Gasteiger partial charge in [0.15, 0.2) is 0 Å². The summed E-state index contributed by atoms with van der Waals surface area (Å²) in [6.07, 6.45) is 4.28. The lowest BCUT2D eigenvalue weighted by atomic mass is 9.89. The highest BCUT2D eigenvalue weighted by Crippen LogP contribution is 2.29. The minimum atomic E-state index is 0.737. The van der Waals surface area contributed by atoms with Crippen LogP contribution in [0.3, 0.4) is 0 Å². The van der Waals surface area contributed by atoms with Crippen molar-refractivity contribution in [3.8, 4) is 0 Å². The molecule has 0 bridgehead atoms. The number of hydrogen-bond acceptors (Lipinski definition) is 2. The maximum absolute atomic E-state index is 4.27. The highest BCUT2D eigenvalue weighted by Gasteiger charge is 2.18. The van der Waals surface area contributed by atoms with Gasteiger partial charge in [-0.05, 0) is 24.0 Å². The standard InChI is InChI=1S/C12H12N2/c1-2-4-10-9(3-1)5-6-12-11(10)7-13-8-14-12/h1-4,7,14H,5-6,8H2. The predicted molar refractivity (Wildman–Crippen MR) is 58.2 cm³/mol. The van der Waals surface area contributed by atoms with E-state index in [4.69, 9.17) is 0 Å². The number of rotatable bonds is 0. The van der Waals surface area contributed by atoms with Crippen molar-refractivity contribution in [3.63, 3.8) is 0 Å². The third-order valence-corrected chi connectivity index (χ3v) is 2.88. The van der Waals surface area contributed by atoms with E-state index < -0.39 is 0 Å². The molecule has 2 aliphatic rings. The van der Waals surface area contributed by atoms with E-state index in [-0.39, 0.29) is 0 Å². The molecule has 0 atom stereocenters. The van der Waals surface area contributed by atoms with Crippen LogP contribution in [0.25, 0.3) is 5.57 Å². The summed E-state index contributed by atoms with van der Waals surface area (Å²) in [6.45, 7) is 0.737. The summed E-state index contributed by atoms with van der Waals surface area (Å²) < 4.78 is 0. The number of aryl methyl sites for hydroxylation is 1. The van der Waals surface area contributed by atoms with Gasteiger partial charge in [0.05, 0.1) is 0 Å². The molecule has 2 nitrogen and oxygen atoms in total. The van der Waals surface area contributed by atoms with E-state index in [1.54, 1.807) is 0 Å². The molecule has 1 N–H and O–H groups in total. The zero-order chi connectivity index (χ0) is 9.38. The van der Waals surface area contributed by atoms with Crippen LogP contribution in [0.5, 0.6) is 0 Å². The molecule has 2 heteroatoms. The lowest BCUT2D eigenvalue weighted by Gasteiger charge is -2.24. The van der Waals surface area contributed by atoms with E-state index in [1.807, 2.05) is 6.21 Å². The summed E-state index contributed by atoms with van der Waals surface area (Å²) in [5, 5.41) is 3.34. The maximum Gasteiger partial charge on any atom is 0.107 e. The SMILES string of the molecule is C1=NCNC2=C1c1ccccc1CC2. The Hall–Kier alpha value is -1.57. The van der Waals surface area contributed by atoms with Crippen LogP contribution in [-0.2, 0) is 6.42 Å². The summed E-state index contributed by atoms with van der Waals surface area (Å²) in [7, 11) is 0. The number of benzene rings is 1. The van der Waals surface area contributed by atoms with Crippen molar-refractivity contribution in [1.82, 2.24) is 5.32 Å². The van der Waals surface area contributed by atoms with Gasteiger partial charge in [-0.3, -0.25) is 4.99 Å². The number of hydrogen-bond donors (Lipinski definition) is 1. The minimum Gasteiger partial charge on any atom is -0.369 e. The van der Waals surface area contributed by atoms with Crippen molar-refractivity contribution in [1.29, 1.82) is 0 Å². The third kappa shape index (κ3) is 1.07. The first-order valence-corrected chi connectivity index (χ1v) is 5.00. The molecule has 0 amide bonds. The van der Waals surface area contributed by atoms with E-state index in [9.17, 15) is 0 Å². The van der Waals surface area contributed by atoms with Gasteiger partial charge in [0.25, 0.3) is 0 Å². The number of nitrogens with zero attached hydrogens (tertiary/aromatic N) is 1. The number of fused-ring (bicyclic) bond motifs is 2. The van der Waals surface area contributed by atoms with Gasteiger partial charge in [0.1, 0.15) is 6.67 Å². The molecule has 3 rings (SSSR count). The third-order valence-electron chi connectivity index (χ3n) is 2.88. The van der Waals surface area contributed by atoms with Gasteiger partial charge in [0, 0.05) is 17.5 Å². The van der Waals surface area contributed by atoms with Crippen LogP contribution >= 0.6 is 0 Å². The monoisotopic (exact) mass is 184 g/mol. The van der Waals surface area contributed by atoms with Crippen molar-refractivity contribution in [2.45, 2.75) is 12.8 Å². The maximum atomic E-state index is 4.27. The van der Waals surface area contributed by atoms with Crippen LogP contribution in [0.15, 0.2) is 35.0 Å². The number of aliphatic imine (C=N–C) groups is 1. The Morgan fingerprint density at radius 2 is 2.07 bits per heavy atom. The van der Waals surface area contributed by atoms with Gasteiger partial charge in [-0.2, -0.15) is 0 Å². The fourth-order valence-corrected chi connectivity index (χ4v) is 2.17. The first-order chi connectivity index (χ1) is 6.95. The van der Waals surface area contributed by atoms with Crippen LogP contribution in [0, 0.1) is 0 Å². The summed E-state index contributed by atoms with van der Waals surface area (Å²) in [6, 6.07) is 8.60. The second-order valence-corrected chi connectivity index (χ2v) is 3.70. The van der Waals surface area contributed by atoms with E-state index in [2.05, 4.69) is 34.6 Å². The molecule has 1 aromatic rings. The largest absolute Gasteiger partial charge is 0.369 e. The van der Waals surface area contributed by atoms with Crippen LogP contribution in [0.1, 0.15) is 17.5 Å². The Balaban J connectivity index is 2.19. The Bertz CT molecular complexity index is 430. The molecule has 0 spiro atoms. The highest BCUT2D eigenvalue weighted by molar-refractivity contribution is 6.12. The second-order valence-electron chi connectivity index (χ2n) is 3.70. The molecule has 70 valence electrons. The summed E-state index contributed by atoms with van der Waals surface area (Å²) >= 11 is 0. The molecule has 0 radical (unpaired) electrons. The molecule has 1 aromatic carbocycles. The van der Waals surface area contributed by atoms with E-state index in [0.29, 0.717) is 0 Å². The summed E-state index contributed by atoms with van der Waals surface area (Å²) in [5.74, 6) is 0. The van der Waals surface area contributed by atoms with Gasteiger partial charge in [0.2, 0.25) is 0 Å². The fourth-order valence-electron chi connectivity index (χ4n) is 2.17. The van der Waals surface area contributed by atoms with Gasteiger partial charge in [-0.1, -0.05) is 24.3 Å². The number of nitrogens with one attached hydrogen (secondary N) is 1. The molecule has 0 unspecified atom stereocenters. The van der Waals surface area contributed by atoms with Gasteiger partial charge < -0.3 is 5.32 Å². The van der Waals surface area contributed by atoms with E-state index in [0.717, 1.165) is 19.5 Å². The van der Waals surface area contributed by atoms with Crippen LogP contribution in [0.4, 0.5) is 0 Å². The van der Waals surface area contributed by atoms with Crippen molar-refractivity contribution in [2.24, 2.45) is 4.99 Å². The van der Waals surface area contributed by atoms with Gasteiger partial charge in [-0.15, -0.1) is 0 Å². The molecule has 0 saturated heterocycles. The average molecular weight is 184 g/mol. The molecule has 0 aromatic heterocycles. The highest BCUT2D eigenvalue weighted by atomic mass is 15.0. The second kappa shape index (κ2) is 2.98. The first kappa shape index (κ1) is 7.80.